The fourth-order valence-corrected chi connectivity index (χ4v) is 6.41. The summed E-state index contributed by atoms with van der Waals surface area (Å²) >= 11 is 0. The van der Waals surface area contributed by atoms with Crippen molar-refractivity contribution in [3.63, 3.8) is 0 Å². The quantitative estimate of drug-likeness (QED) is 0.677. The number of aliphatic hydroxyl groups excluding tert-OH is 2. The molecule has 4 rings (SSSR count). The molecule has 22 heavy (non-hydrogen) atoms. The number of hydrogen-bond donors (Lipinski definition) is 2. The maximum atomic E-state index is 11.8. The highest BCUT2D eigenvalue weighted by molar-refractivity contribution is 5.80. The molecular formula is C19H28O3. The molecule has 8 atom stereocenters. The molecule has 3 heteroatoms. The highest BCUT2D eigenvalue weighted by Gasteiger charge is 2.60. The Morgan fingerprint density at radius 2 is 1.86 bits per heavy atom. The van der Waals surface area contributed by atoms with E-state index in [1.54, 1.807) is 0 Å². The van der Waals surface area contributed by atoms with Crippen molar-refractivity contribution in [2.45, 2.75) is 64.6 Å². The Morgan fingerprint density at radius 1 is 1.09 bits per heavy atom. The van der Waals surface area contributed by atoms with Crippen LogP contribution in [0.2, 0.25) is 0 Å². The number of aliphatic hydroxyl groups is 2. The fraction of sp³-hybridized carbons (Fsp3) is 0.842. The van der Waals surface area contributed by atoms with Gasteiger partial charge in [0.25, 0.3) is 0 Å². The van der Waals surface area contributed by atoms with E-state index in [4.69, 9.17) is 0 Å². The second kappa shape index (κ2) is 4.67. The molecule has 0 radical (unpaired) electrons. The molecule has 1 unspecified atom stereocenters. The van der Waals surface area contributed by atoms with Gasteiger partial charge >= 0.3 is 0 Å². The monoisotopic (exact) mass is 304 g/mol. The number of Topliss-reactive ketones (excluding diaryl/α,β-unsaturated/α-hetero) is 1. The first kappa shape index (κ1) is 14.9. The number of ketones is 1. The third-order valence-corrected chi connectivity index (χ3v) is 7.96. The van der Waals surface area contributed by atoms with Crippen LogP contribution in [-0.4, -0.2) is 28.2 Å². The molecule has 2 N–H and O–H groups in total. The van der Waals surface area contributed by atoms with Crippen LogP contribution in [0.1, 0.15) is 52.4 Å². The zero-order chi connectivity index (χ0) is 15.7. The van der Waals surface area contributed by atoms with Gasteiger partial charge in [-0.15, -0.1) is 0 Å². The summed E-state index contributed by atoms with van der Waals surface area (Å²) in [5.41, 5.74) is 0.0890. The Labute approximate surface area is 132 Å². The first-order valence-corrected chi connectivity index (χ1v) is 8.92. The normalized spacial score (nSPS) is 57.2. The second-order valence-corrected chi connectivity index (χ2v) is 8.82. The van der Waals surface area contributed by atoms with Crippen molar-refractivity contribution in [2.75, 3.05) is 0 Å². The molecule has 0 aromatic heterocycles. The van der Waals surface area contributed by atoms with Crippen molar-refractivity contribution in [1.29, 1.82) is 0 Å². The second-order valence-electron chi connectivity index (χ2n) is 8.82. The average molecular weight is 304 g/mol. The molecule has 0 aliphatic heterocycles. The van der Waals surface area contributed by atoms with Crippen molar-refractivity contribution in [1.82, 2.24) is 0 Å². The molecule has 0 spiro atoms. The standard InChI is InChI=1S/C19H28O3/c1-18-7-5-12(20)9-11(18)3-4-13-14(18)6-8-19(2)15(13)10-16(21)17(19)22/h3-4,11,13-17,21-22H,5-10H2,1-2H3/t11?,13-,14+,15+,16-,17+,18+,19+/m1/s1. The van der Waals surface area contributed by atoms with Gasteiger partial charge in [-0.2, -0.15) is 0 Å². The molecule has 0 heterocycles. The SMILES string of the molecule is C[C@]12CC[C@H]3[C@@H](C=CC4CC(=O)CC[C@@]43C)[C@@H]1C[C@@H](O)[C@@H]2O. The molecule has 0 bridgehead atoms. The topological polar surface area (TPSA) is 57.5 Å². The Morgan fingerprint density at radius 3 is 2.64 bits per heavy atom. The maximum absolute atomic E-state index is 11.8. The molecular weight excluding hydrogens is 276 g/mol. The highest BCUT2D eigenvalue weighted by Crippen LogP contribution is 2.64. The van der Waals surface area contributed by atoms with Gasteiger partial charge in [-0.25, -0.2) is 0 Å². The van der Waals surface area contributed by atoms with Crippen molar-refractivity contribution < 1.29 is 15.0 Å². The van der Waals surface area contributed by atoms with E-state index in [9.17, 15) is 15.0 Å². The van der Waals surface area contributed by atoms with E-state index in [1.807, 2.05) is 0 Å². The van der Waals surface area contributed by atoms with Crippen LogP contribution in [0.5, 0.6) is 0 Å². The third kappa shape index (κ3) is 1.78. The minimum atomic E-state index is -0.578. The highest BCUT2D eigenvalue weighted by atomic mass is 16.3. The molecule has 0 aromatic rings. The van der Waals surface area contributed by atoms with Crippen LogP contribution < -0.4 is 0 Å². The summed E-state index contributed by atoms with van der Waals surface area (Å²) in [6, 6.07) is 0. The first-order valence-electron chi connectivity index (χ1n) is 8.92. The minimum absolute atomic E-state index is 0.140. The summed E-state index contributed by atoms with van der Waals surface area (Å²) in [6.45, 7) is 4.55. The number of carbonyl (C=O) groups is 1. The molecule has 0 saturated heterocycles. The van der Waals surface area contributed by atoms with Gasteiger partial charge in [0.1, 0.15) is 5.78 Å². The number of fused-ring (bicyclic) bond motifs is 5. The summed E-state index contributed by atoms with van der Waals surface area (Å²) in [4.78, 5) is 11.8. The van der Waals surface area contributed by atoms with Gasteiger partial charge < -0.3 is 10.2 Å². The van der Waals surface area contributed by atoms with E-state index in [0.29, 0.717) is 35.9 Å². The number of carbonyl (C=O) groups excluding carboxylic acids is 1. The van der Waals surface area contributed by atoms with E-state index in [1.165, 1.54) is 0 Å². The van der Waals surface area contributed by atoms with E-state index in [2.05, 4.69) is 26.0 Å². The van der Waals surface area contributed by atoms with Crippen LogP contribution >= 0.6 is 0 Å². The van der Waals surface area contributed by atoms with Crippen LogP contribution in [0.25, 0.3) is 0 Å². The molecule has 3 nitrogen and oxygen atoms in total. The summed E-state index contributed by atoms with van der Waals surface area (Å²) in [6.07, 6.45) is 8.78. The van der Waals surface area contributed by atoms with Gasteiger partial charge in [-0.05, 0) is 60.2 Å². The van der Waals surface area contributed by atoms with Crippen molar-refractivity contribution in [3.05, 3.63) is 12.2 Å². The Bertz CT molecular complexity index is 527. The lowest BCUT2D eigenvalue weighted by Crippen LogP contribution is -2.52. The summed E-state index contributed by atoms with van der Waals surface area (Å²) in [7, 11) is 0. The lowest BCUT2D eigenvalue weighted by atomic mass is 9.47. The zero-order valence-electron chi connectivity index (χ0n) is 13.7. The number of hydrogen-bond acceptors (Lipinski definition) is 3. The predicted molar refractivity (Wildman–Crippen MR) is 84.0 cm³/mol. The summed E-state index contributed by atoms with van der Waals surface area (Å²) < 4.78 is 0. The average Bonchev–Trinajstić information content (AvgIpc) is 2.72. The smallest absolute Gasteiger partial charge is 0.133 e. The lowest BCUT2D eigenvalue weighted by Gasteiger charge is -2.57. The number of allylic oxidation sites excluding steroid dienone is 2. The minimum Gasteiger partial charge on any atom is -0.390 e. The van der Waals surface area contributed by atoms with Gasteiger partial charge in [0.05, 0.1) is 12.2 Å². The molecule has 122 valence electrons. The van der Waals surface area contributed by atoms with Crippen LogP contribution in [-0.2, 0) is 4.79 Å². The predicted octanol–water partition coefficient (Wildman–Crippen LogP) is 2.71. The van der Waals surface area contributed by atoms with E-state index in [0.717, 1.165) is 32.1 Å². The van der Waals surface area contributed by atoms with Crippen LogP contribution in [0.15, 0.2) is 12.2 Å². The van der Waals surface area contributed by atoms with Crippen molar-refractivity contribution >= 4 is 5.78 Å². The molecule has 3 fully saturated rings. The van der Waals surface area contributed by atoms with Gasteiger partial charge in [-0.3, -0.25) is 4.79 Å². The molecule has 0 aromatic carbocycles. The Hall–Kier alpha value is -0.670. The summed E-state index contributed by atoms with van der Waals surface area (Å²) in [5, 5.41) is 20.7. The van der Waals surface area contributed by atoms with Gasteiger partial charge in [0.15, 0.2) is 0 Å². The lowest BCUT2D eigenvalue weighted by molar-refractivity contribution is -0.129. The molecule has 3 saturated carbocycles. The first-order chi connectivity index (χ1) is 10.4. The number of rotatable bonds is 0. The summed E-state index contributed by atoms with van der Waals surface area (Å²) in [5.74, 6) is 2.25. The van der Waals surface area contributed by atoms with Crippen LogP contribution in [0.3, 0.4) is 0 Å². The maximum Gasteiger partial charge on any atom is 0.133 e. The van der Waals surface area contributed by atoms with E-state index < -0.39 is 12.2 Å². The third-order valence-electron chi connectivity index (χ3n) is 7.96. The van der Waals surface area contributed by atoms with E-state index in [-0.39, 0.29) is 10.8 Å². The fourth-order valence-electron chi connectivity index (χ4n) is 6.41. The zero-order valence-corrected chi connectivity index (χ0v) is 13.7. The van der Waals surface area contributed by atoms with Crippen LogP contribution in [0, 0.1) is 34.5 Å². The Kier molecular flexibility index (Phi) is 3.16. The van der Waals surface area contributed by atoms with Crippen molar-refractivity contribution in [2.24, 2.45) is 34.5 Å². The molecule has 0 amide bonds. The van der Waals surface area contributed by atoms with Gasteiger partial charge in [-0.1, -0.05) is 26.0 Å². The molecule has 4 aliphatic carbocycles. The van der Waals surface area contributed by atoms with Gasteiger partial charge in [0.2, 0.25) is 0 Å². The largest absolute Gasteiger partial charge is 0.390 e. The van der Waals surface area contributed by atoms with Crippen molar-refractivity contribution in [3.8, 4) is 0 Å². The van der Waals surface area contributed by atoms with Gasteiger partial charge in [0, 0.05) is 12.8 Å². The molecule has 4 aliphatic rings. The van der Waals surface area contributed by atoms with Crippen LogP contribution in [0.4, 0.5) is 0 Å². The Balaban J connectivity index is 1.70. The van der Waals surface area contributed by atoms with E-state index >= 15 is 0 Å².